The van der Waals surface area contributed by atoms with Crippen LogP contribution in [0.5, 0.6) is 5.75 Å². The molecule has 0 heterocycles. The van der Waals surface area contributed by atoms with Gasteiger partial charge >= 0.3 is 0 Å². The van der Waals surface area contributed by atoms with E-state index in [1.165, 1.54) is 6.07 Å². The molecule has 0 aliphatic carbocycles. The molecule has 0 radical (unpaired) electrons. The van der Waals surface area contributed by atoms with Crippen molar-refractivity contribution in [1.82, 2.24) is 5.32 Å². The Morgan fingerprint density at radius 3 is 2.72 bits per heavy atom. The Kier molecular flexibility index (Phi) is 5.34. The van der Waals surface area contributed by atoms with Crippen molar-refractivity contribution in [3.8, 4) is 5.75 Å². The molecule has 0 spiro atoms. The van der Waals surface area contributed by atoms with E-state index in [1.54, 1.807) is 25.3 Å². The standard InChI is InChI=1S/C13H19NO3S/c1-9-8-11(15)4-5-12(9)13(16)14-7-6-10(2)18(3)17/h4-5,8,10,15H,6-7H2,1-3H3,(H,14,16). The number of phenols is 1. The Hall–Kier alpha value is -1.36. The maximum atomic E-state index is 11.9. The number of aryl methyl sites for hydroxylation is 1. The molecule has 100 valence electrons. The van der Waals surface area contributed by atoms with Gasteiger partial charge in [-0.25, -0.2) is 0 Å². The monoisotopic (exact) mass is 269 g/mol. The molecular weight excluding hydrogens is 250 g/mol. The Morgan fingerprint density at radius 1 is 1.50 bits per heavy atom. The molecule has 0 saturated heterocycles. The van der Waals surface area contributed by atoms with E-state index in [9.17, 15) is 14.1 Å². The van der Waals surface area contributed by atoms with Gasteiger partial charge in [0.15, 0.2) is 0 Å². The van der Waals surface area contributed by atoms with Gasteiger partial charge in [0.25, 0.3) is 5.91 Å². The first kappa shape index (κ1) is 14.7. The number of hydrogen-bond donors (Lipinski definition) is 2. The summed E-state index contributed by atoms with van der Waals surface area (Å²) in [6, 6.07) is 4.64. The summed E-state index contributed by atoms with van der Waals surface area (Å²) < 4.78 is 11.2. The highest BCUT2D eigenvalue weighted by Gasteiger charge is 2.10. The van der Waals surface area contributed by atoms with Crippen molar-refractivity contribution in [2.24, 2.45) is 0 Å². The number of carbonyl (C=O) groups excluding carboxylic acids is 1. The fraction of sp³-hybridized carbons (Fsp3) is 0.462. The predicted molar refractivity (Wildman–Crippen MR) is 73.3 cm³/mol. The zero-order valence-corrected chi connectivity index (χ0v) is 11.7. The number of benzene rings is 1. The molecule has 2 N–H and O–H groups in total. The molecule has 1 aromatic rings. The van der Waals surface area contributed by atoms with Crippen molar-refractivity contribution in [2.75, 3.05) is 12.8 Å². The van der Waals surface area contributed by atoms with E-state index < -0.39 is 10.8 Å². The van der Waals surface area contributed by atoms with Gasteiger partial charge in [0, 0.05) is 34.4 Å². The fourth-order valence-electron chi connectivity index (χ4n) is 1.55. The van der Waals surface area contributed by atoms with Gasteiger partial charge in [-0.15, -0.1) is 0 Å². The lowest BCUT2D eigenvalue weighted by atomic mass is 10.1. The summed E-state index contributed by atoms with van der Waals surface area (Å²) in [5, 5.41) is 12.1. The third-order valence-corrected chi connectivity index (χ3v) is 4.23. The van der Waals surface area contributed by atoms with Crippen LogP contribution >= 0.6 is 0 Å². The van der Waals surface area contributed by atoms with Crippen LogP contribution < -0.4 is 5.32 Å². The highest BCUT2D eigenvalue weighted by atomic mass is 32.2. The molecule has 2 atom stereocenters. The van der Waals surface area contributed by atoms with Crippen LogP contribution in [0.1, 0.15) is 29.3 Å². The predicted octanol–water partition coefficient (Wildman–Crippen LogP) is 1.59. The molecule has 1 amide bonds. The van der Waals surface area contributed by atoms with Gasteiger partial charge in [-0.2, -0.15) is 0 Å². The molecule has 0 aliphatic heterocycles. The van der Waals surface area contributed by atoms with Crippen molar-refractivity contribution >= 4 is 16.7 Å². The average Bonchev–Trinajstić information content (AvgIpc) is 2.28. The quantitative estimate of drug-likeness (QED) is 0.853. The Balaban J connectivity index is 2.53. The van der Waals surface area contributed by atoms with Crippen LogP contribution in [0.25, 0.3) is 0 Å². The highest BCUT2D eigenvalue weighted by Crippen LogP contribution is 2.15. The van der Waals surface area contributed by atoms with Gasteiger partial charge in [-0.1, -0.05) is 6.92 Å². The van der Waals surface area contributed by atoms with Crippen LogP contribution in [0.2, 0.25) is 0 Å². The molecular formula is C13H19NO3S. The summed E-state index contributed by atoms with van der Waals surface area (Å²) in [4.78, 5) is 11.9. The lowest BCUT2D eigenvalue weighted by Crippen LogP contribution is -2.28. The second kappa shape index (κ2) is 6.54. The summed E-state index contributed by atoms with van der Waals surface area (Å²) in [6.45, 7) is 4.17. The zero-order valence-electron chi connectivity index (χ0n) is 10.9. The molecule has 1 aromatic carbocycles. The van der Waals surface area contributed by atoms with Crippen LogP contribution in [0.3, 0.4) is 0 Å². The van der Waals surface area contributed by atoms with Gasteiger partial charge in [0.05, 0.1) is 0 Å². The maximum absolute atomic E-state index is 11.9. The maximum Gasteiger partial charge on any atom is 0.251 e. The summed E-state index contributed by atoms with van der Waals surface area (Å²) in [5.41, 5.74) is 1.29. The van der Waals surface area contributed by atoms with E-state index in [-0.39, 0.29) is 16.9 Å². The summed E-state index contributed by atoms with van der Waals surface area (Å²) in [6.07, 6.45) is 2.35. The molecule has 0 fully saturated rings. The minimum Gasteiger partial charge on any atom is -0.508 e. The third-order valence-electron chi connectivity index (χ3n) is 2.86. The van der Waals surface area contributed by atoms with Crippen LogP contribution in [-0.2, 0) is 10.8 Å². The SMILES string of the molecule is Cc1cc(O)ccc1C(=O)NCCC(C)S(C)=O. The minimum absolute atomic E-state index is 0.0752. The number of amides is 1. The lowest BCUT2D eigenvalue weighted by molar-refractivity contribution is 0.0952. The zero-order chi connectivity index (χ0) is 13.7. The molecule has 0 bridgehead atoms. The number of phenolic OH excluding ortho intramolecular Hbond substituents is 1. The Bertz CT molecular complexity index is 460. The smallest absolute Gasteiger partial charge is 0.251 e. The highest BCUT2D eigenvalue weighted by molar-refractivity contribution is 7.84. The van der Waals surface area contributed by atoms with Crippen molar-refractivity contribution in [3.63, 3.8) is 0 Å². The topological polar surface area (TPSA) is 66.4 Å². The van der Waals surface area contributed by atoms with Crippen molar-refractivity contribution in [2.45, 2.75) is 25.5 Å². The molecule has 0 aliphatic rings. The second-order valence-electron chi connectivity index (χ2n) is 4.35. The Morgan fingerprint density at radius 2 is 2.17 bits per heavy atom. The largest absolute Gasteiger partial charge is 0.508 e. The second-order valence-corrected chi connectivity index (χ2v) is 6.15. The number of carbonyl (C=O) groups is 1. The number of rotatable bonds is 5. The van der Waals surface area contributed by atoms with Crippen LogP contribution in [0, 0.1) is 6.92 Å². The van der Waals surface area contributed by atoms with Crippen LogP contribution in [0.4, 0.5) is 0 Å². The van der Waals surface area contributed by atoms with E-state index in [1.807, 2.05) is 6.92 Å². The van der Waals surface area contributed by atoms with Crippen molar-refractivity contribution < 1.29 is 14.1 Å². The van der Waals surface area contributed by atoms with Crippen molar-refractivity contribution in [3.05, 3.63) is 29.3 Å². The molecule has 5 heteroatoms. The van der Waals surface area contributed by atoms with E-state index in [2.05, 4.69) is 5.32 Å². The average molecular weight is 269 g/mol. The van der Waals surface area contributed by atoms with Gasteiger partial charge in [-0.3, -0.25) is 9.00 Å². The molecule has 1 rings (SSSR count). The third kappa shape index (κ3) is 4.14. The van der Waals surface area contributed by atoms with Gasteiger partial charge in [-0.05, 0) is 37.1 Å². The van der Waals surface area contributed by atoms with E-state index in [0.717, 1.165) is 5.56 Å². The van der Waals surface area contributed by atoms with Gasteiger partial charge < -0.3 is 10.4 Å². The molecule has 2 unspecified atom stereocenters. The van der Waals surface area contributed by atoms with Crippen molar-refractivity contribution in [1.29, 1.82) is 0 Å². The summed E-state index contributed by atoms with van der Waals surface area (Å²) in [7, 11) is -0.861. The lowest BCUT2D eigenvalue weighted by Gasteiger charge is -2.10. The van der Waals surface area contributed by atoms with E-state index >= 15 is 0 Å². The minimum atomic E-state index is -0.861. The van der Waals surface area contributed by atoms with E-state index in [0.29, 0.717) is 18.5 Å². The van der Waals surface area contributed by atoms with E-state index in [4.69, 9.17) is 0 Å². The van der Waals surface area contributed by atoms with Gasteiger partial charge in [0.2, 0.25) is 0 Å². The fourth-order valence-corrected chi connectivity index (χ4v) is 2.00. The summed E-state index contributed by atoms with van der Waals surface area (Å²) >= 11 is 0. The first-order valence-corrected chi connectivity index (χ1v) is 7.44. The van der Waals surface area contributed by atoms with Crippen LogP contribution in [0.15, 0.2) is 18.2 Å². The summed E-state index contributed by atoms with van der Waals surface area (Å²) in [5.74, 6) is -0.0133. The molecule has 4 nitrogen and oxygen atoms in total. The number of nitrogens with one attached hydrogen (secondary N) is 1. The number of hydrogen-bond acceptors (Lipinski definition) is 3. The Labute approximate surface area is 110 Å². The number of aromatic hydroxyl groups is 1. The molecule has 0 aromatic heterocycles. The first-order chi connectivity index (χ1) is 8.41. The van der Waals surface area contributed by atoms with Crippen LogP contribution in [-0.4, -0.2) is 33.3 Å². The molecule has 0 saturated carbocycles. The normalized spacial score (nSPS) is 13.9. The van der Waals surface area contributed by atoms with Gasteiger partial charge in [0.1, 0.15) is 5.75 Å². The first-order valence-electron chi connectivity index (χ1n) is 5.82. The molecule has 18 heavy (non-hydrogen) atoms.